The van der Waals surface area contributed by atoms with Gasteiger partial charge in [0, 0.05) is 10.0 Å². The van der Waals surface area contributed by atoms with Gasteiger partial charge in [0.05, 0.1) is 16.4 Å². The van der Waals surface area contributed by atoms with Crippen LogP contribution in [-0.4, -0.2) is 16.1 Å². The topological polar surface area (TPSA) is 57.8 Å². The number of amides is 1. The van der Waals surface area contributed by atoms with Crippen molar-refractivity contribution in [2.45, 2.75) is 6.92 Å². The number of rotatable bonds is 3. The third kappa shape index (κ3) is 3.46. The van der Waals surface area contributed by atoms with Gasteiger partial charge in [0.2, 0.25) is 0 Å². The fourth-order valence-electron chi connectivity index (χ4n) is 2.16. The van der Waals surface area contributed by atoms with E-state index in [0.717, 1.165) is 15.6 Å². The lowest BCUT2D eigenvalue weighted by molar-refractivity contribution is 0.102. The summed E-state index contributed by atoms with van der Waals surface area (Å²) in [5.74, 6) is -0.264. The lowest BCUT2D eigenvalue weighted by Gasteiger charge is -2.06. The molecule has 0 atom stereocenters. The molecule has 23 heavy (non-hydrogen) atoms. The largest absolute Gasteiger partial charge is 0.320 e. The van der Waals surface area contributed by atoms with Crippen LogP contribution >= 0.6 is 27.5 Å². The fourth-order valence-corrected chi connectivity index (χ4v) is 2.98. The zero-order chi connectivity index (χ0) is 16.4. The molecule has 4 nitrogen and oxygen atoms in total. The predicted octanol–water partition coefficient (Wildman–Crippen LogP) is 5.05. The van der Waals surface area contributed by atoms with E-state index >= 15 is 0 Å². The van der Waals surface area contributed by atoms with Crippen molar-refractivity contribution in [2.24, 2.45) is 0 Å². The van der Waals surface area contributed by atoms with Gasteiger partial charge in [-0.05, 0) is 52.7 Å². The Hall–Kier alpha value is -2.11. The maximum Gasteiger partial charge on any atom is 0.273 e. The van der Waals surface area contributed by atoms with Crippen molar-refractivity contribution in [3.63, 3.8) is 0 Å². The Morgan fingerprint density at radius 3 is 2.74 bits per heavy atom. The molecule has 2 N–H and O–H groups in total. The van der Waals surface area contributed by atoms with E-state index in [0.29, 0.717) is 22.1 Å². The van der Waals surface area contributed by atoms with Gasteiger partial charge in [-0.2, -0.15) is 5.10 Å². The van der Waals surface area contributed by atoms with Crippen LogP contribution in [0.1, 0.15) is 16.1 Å². The molecule has 1 amide bonds. The quantitative estimate of drug-likeness (QED) is 0.657. The molecule has 0 aliphatic rings. The number of H-pyrrole nitrogens is 1. The van der Waals surface area contributed by atoms with E-state index < -0.39 is 0 Å². The number of nitrogens with one attached hydrogen (secondary N) is 2. The van der Waals surface area contributed by atoms with Crippen molar-refractivity contribution in [2.75, 3.05) is 5.32 Å². The highest BCUT2D eigenvalue weighted by Crippen LogP contribution is 2.27. The highest BCUT2D eigenvalue weighted by atomic mass is 79.9. The molecule has 3 rings (SSSR count). The number of halogens is 2. The van der Waals surface area contributed by atoms with E-state index in [1.807, 2.05) is 43.3 Å². The van der Waals surface area contributed by atoms with Crippen molar-refractivity contribution < 1.29 is 4.79 Å². The Labute approximate surface area is 147 Å². The average Bonchev–Trinajstić information content (AvgIpc) is 3.00. The van der Waals surface area contributed by atoms with Gasteiger partial charge in [-0.1, -0.05) is 35.9 Å². The van der Waals surface area contributed by atoms with Crippen molar-refractivity contribution in [1.82, 2.24) is 10.2 Å². The fraction of sp³-hybridized carbons (Fsp3) is 0.0588. The monoisotopic (exact) mass is 389 g/mol. The molecular weight excluding hydrogens is 378 g/mol. The number of anilines is 1. The maximum absolute atomic E-state index is 12.3. The summed E-state index contributed by atoms with van der Waals surface area (Å²) in [5.41, 5.74) is 3.59. The molecule has 0 radical (unpaired) electrons. The third-order valence-electron chi connectivity index (χ3n) is 3.35. The van der Waals surface area contributed by atoms with Gasteiger partial charge < -0.3 is 5.32 Å². The van der Waals surface area contributed by atoms with E-state index in [9.17, 15) is 4.79 Å². The molecular formula is C17H13BrClN3O. The summed E-state index contributed by atoms with van der Waals surface area (Å²) in [7, 11) is 0. The van der Waals surface area contributed by atoms with Gasteiger partial charge >= 0.3 is 0 Å². The Kier molecular flexibility index (Phi) is 4.50. The number of hydrogen-bond donors (Lipinski definition) is 2. The van der Waals surface area contributed by atoms with E-state index in [4.69, 9.17) is 11.6 Å². The Morgan fingerprint density at radius 2 is 2.00 bits per heavy atom. The molecule has 0 saturated carbocycles. The Balaban J connectivity index is 1.83. The minimum Gasteiger partial charge on any atom is -0.320 e. The zero-order valence-electron chi connectivity index (χ0n) is 12.2. The van der Waals surface area contributed by atoms with Gasteiger partial charge in [-0.25, -0.2) is 0 Å². The van der Waals surface area contributed by atoms with Crippen LogP contribution in [0.25, 0.3) is 11.3 Å². The van der Waals surface area contributed by atoms with Crippen LogP contribution in [-0.2, 0) is 0 Å². The first kappa shape index (κ1) is 15.8. The second kappa shape index (κ2) is 6.56. The molecule has 0 unspecified atom stereocenters. The summed E-state index contributed by atoms with van der Waals surface area (Å²) in [6, 6.07) is 14.8. The molecule has 0 fully saturated rings. The summed E-state index contributed by atoms with van der Waals surface area (Å²) < 4.78 is 0.830. The number of carbonyl (C=O) groups is 1. The molecule has 0 spiro atoms. The molecule has 2 aromatic carbocycles. The number of aryl methyl sites for hydroxylation is 1. The summed E-state index contributed by atoms with van der Waals surface area (Å²) in [4.78, 5) is 12.3. The number of aromatic amines is 1. The number of benzene rings is 2. The van der Waals surface area contributed by atoms with E-state index in [-0.39, 0.29) is 5.91 Å². The molecule has 1 aromatic heterocycles. The maximum atomic E-state index is 12.3. The molecule has 1 heterocycles. The van der Waals surface area contributed by atoms with Gasteiger partial charge in [-0.3, -0.25) is 9.89 Å². The normalized spacial score (nSPS) is 10.6. The lowest BCUT2D eigenvalue weighted by atomic mass is 10.1. The van der Waals surface area contributed by atoms with Crippen LogP contribution in [0.15, 0.2) is 53.0 Å². The van der Waals surface area contributed by atoms with Gasteiger partial charge in [0.1, 0.15) is 5.69 Å². The third-order valence-corrected chi connectivity index (χ3v) is 4.33. The highest BCUT2D eigenvalue weighted by Gasteiger charge is 2.14. The molecule has 0 aliphatic heterocycles. The minimum atomic E-state index is -0.264. The van der Waals surface area contributed by atoms with Crippen molar-refractivity contribution >= 4 is 39.1 Å². The van der Waals surface area contributed by atoms with Gasteiger partial charge in [0.15, 0.2) is 0 Å². The summed E-state index contributed by atoms with van der Waals surface area (Å²) in [5, 5.41) is 10.3. The van der Waals surface area contributed by atoms with Crippen LogP contribution < -0.4 is 5.32 Å². The molecule has 0 bridgehead atoms. The first-order valence-corrected chi connectivity index (χ1v) is 8.09. The van der Waals surface area contributed by atoms with Crippen molar-refractivity contribution in [3.8, 4) is 11.3 Å². The van der Waals surface area contributed by atoms with Gasteiger partial charge in [-0.15, -0.1) is 0 Å². The molecule has 6 heteroatoms. The van der Waals surface area contributed by atoms with Crippen LogP contribution in [0.5, 0.6) is 0 Å². The Morgan fingerprint density at radius 1 is 1.22 bits per heavy atom. The summed E-state index contributed by atoms with van der Waals surface area (Å²) in [6.45, 7) is 1.99. The molecule has 0 saturated heterocycles. The number of hydrogen-bond acceptors (Lipinski definition) is 2. The minimum absolute atomic E-state index is 0.264. The Bertz CT molecular complexity index is 876. The van der Waals surface area contributed by atoms with E-state index in [2.05, 4.69) is 31.4 Å². The first-order valence-electron chi connectivity index (χ1n) is 6.92. The van der Waals surface area contributed by atoms with Crippen LogP contribution in [0.4, 0.5) is 5.69 Å². The average molecular weight is 391 g/mol. The number of nitrogens with zero attached hydrogens (tertiary/aromatic N) is 1. The number of carbonyl (C=O) groups excluding carboxylic acids is 1. The summed E-state index contributed by atoms with van der Waals surface area (Å²) >= 11 is 9.59. The second-order valence-electron chi connectivity index (χ2n) is 5.08. The first-order chi connectivity index (χ1) is 11.0. The van der Waals surface area contributed by atoms with E-state index in [1.54, 1.807) is 12.1 Å². The molecule has 0 aliphatic carbocycles. The highest BCUT2D eigenvalue weighted by molar-refractivity contribution is 9.10. The lowest BCUT2D eigenvalue weighted by Crippen LogP contribution is -2.12. The zero-order valence-corrected chi connectivity index (χ0v) is 14.6. The number of aromatic nitrogens is 2. The van der Waals surface area contributed by atoms with Crippen LogP contribution in [0, 0.1) is 6.92 Å². The second-order valence-corrected chi connectivity index (χ2v) is 6.35. The van der Waals surface area contributed by atoms with Gasteiger partial charge in [0.25, 0.3) is 5.91 Å². The van der Waals surface area contributed by atoms with Crippen LogP contribution in [0.2, 0.25) is 5.02 Å². The smallest absolute Gasteiger partial charge is 0.273 e. The van der Waals surface area contributed by atoms with Crippen molar-refractivity contribution in [1.29, 1.82) is 0 Å². The van der Waals surface area contributed by atoms with Crippen molar-refractivity contribution in [3.05, 3.63) is 69.3 Å². The standard InChI is InChI=1S/C17H13BrClN3O/c1-10-6-7-14(12(18)8-10)20-17(23)16-9-15(21-22-16)11-4-2-3-5-13(11)19/h2-9H,1H3,(H,20,23)(H,21,22). The molecule has 116 valence electrons. The molecule has 3 aromatic rings. The predicted molar refractivity (Wildman–Crippen MR) is 95.9 cm³/mol. The van der Waals surface area contributed by atoms with Crippen LogP contribution in [0.3, 0.4) is 0 Å². The summed E-state index contributed by atoms with van der Waals surface area (Å²) in [6.07, 6.45) is 0. The SMILES string of the molecule is Cc1ccc(NC(=O)c2cc(-c3ccccc3Cl)n[nH]2)c(Br)c1. The van der Waals surface area contributed by atoms with E-state index in [1.165, 1.54) is 0 Å².